The molecule has 0 aromatic heterocycles. The Hall–Kier alpha value is -1.06. The van der Waals surface area contributed by atoms with Crippen LogP contribution in [0.3, 0.4) is 0 Å². The number of carboxylic acid groups (broad SMARTS) is 1. The lowest BCUT2D eigenvalue weighted by molar-refractivity contribution is -0.153. The van der Waals surface area contributed by atoms with Gasteiger partial charge < -0.3 is 9.84 Å². The van der Waals surface area contributed by atoms with E-state index in [1.807, 2.05) is 0 Å². The van der Waals surface area contributed by atoms with Crippen molar-refractivity contribution in [2.75, 3.05) is 0 Å². The molecule has 1 atom stereocenters. The minimum absolute atomic E-state index is 0.0752. The zero-order valence-corrected chi connectivity index (χ0v) is 19.4. The normalized spacial score (nSPS) is 12.1. The number of rotatable bonds is 22. The number of aliphatic carboxylic acids is 1. The van der Waals surface area contributed by atoms with E-state index < -0.39 is 12.1 Å². The Morgan fingerprint density at radius 1 is 0.655 bits per heavy atom. The standard InChI is InChI=1S/C25H48O4/c1-3-5-7-8-9-10-11-12-13-14-15-16-17-19-21-25(28)29-23(22-24(26)27)20-18-6-4-2/h23H,3-22H2,1-2H3,(H,26,27). The van der Waals surface area contributed by atoms with E-state index >= 15 is 0 Å². The molecule has 0 aromatic rings. The minimum Gasteiger partial charge on any atom is -0.481 e. The maximum atomic E-state index is 12.0. The van der Waals surface area contributed by atoms with Crippen molar-refractivity contribution in [1.82, 2.24) is 0 Å². The number of ether oxygens (including phenoxy) is 1. The highest BCUT2D eigenvalue weighted by Crippen LogP contribution is 2.15. The van der Waals surface area contributed by atoms with E-state index in [1.54, 1.807) is 0 Å². The van der Waals surface area contributed by atoms with Crippen molar-refractivity contribution in [2.24, 2.45) is 0 Å². The van der Waals surface area contributed by atoms with Crippen LogP contribution >= 0.6 is 0 Å². The lowest BCUT2D eigenvalue weighted by Crippen LogP contribution is -2.21. The molecule has 0 aliphatic rings. The third kappa shape index (κ3) is 21.5. The smallest absolute Gasteiger partial charge is 0.307 e. The maximum absolute atomic E-state index is 12.0. The molecule has 0 saturated carbocycles. The van der Waals surface area contributed by atoms with Crippen LogP contribution in [0.15, 0.2) is 0 Å². The molecule has 0 aliphatic carbocycles. The number of unbranched alkanes of at least 4 members (excludes halogenated alkanes) is 15. The van der Waals surface area contributed by atoms with Crippen LogP contribution in [-0.4, -0.2) is 23.1 Å². The molecule has 1 unspecified atom stereocenters. The summed E-state index contributed by atoms with van der Waals surface area (Å²) >= 11 is 0. The number of esters is 1. The quantitative estimate of drug-likeness (QED) is 0.145. The molecule has 4 heteroatoms. The Morgan fingerprint density at radius 3 is 1.52 bits per heavy atom. The fourth-order valence-electron chi connectivity index (χ4n) is 3.73. The van der Waals surface area contributed by atoms with Gasteiger partial charge in [-0.3, -0.25) is 9.59 Å². The van der Waals surface area contributed by atoms with Crippen LogP contribution in [0.1, 0.15) is 142 Å². The first kappa shape index (κ1) is 27.9. The predicted molar refractivity (Wildman–Crippen MR) is 121 cm³/mol. The second-order valence-electron chi connectivity index (χ2n) is 8.55. The molecular weight excluding hydrogens is 364 g/mol. The first-order valence-corrected chi connectivity index (χ1v) is 12.5. The Bertz CT molecular complexity index is 381. The van der Waals surface area contributed by atoms with Gasteiger partial charge in [-0.25, -0.2) is 0 Å². The lowest BCUT2D eigenvalue weighted by Gasteiger charge is -2.16. The van der Waals surface area contributed by atoms with Crippen molar-refractivity contribution in [2.45, 2.75) is 148 Å². The number of carbonyl (C=O) groups is 2. The Morgan fingerprint density at radius 2 is 1.07 bits per heavy atom. The second kappa shape index (κ2) is 21.6. The molecule has 0 radical (unpaired) electrons. The van der Waals surface area contributed by atoms with E-state index in [4.69, 9.17) is 9.84 Å². The molecule has 29 heavy (non-hydrogen) atoms. The van der Waals surface area contributed by atoms with Gasteiger partial charge in [0.1, 0.15) is 6.10 Å². The fraction of sp³-hybridized carbons (Fsp3) is 0.920. The molecular formula is C25H48O4. The van der Waals surface area contributed by atoms with Gasteiger partial charge in [-0.15, -0.1) is 0 Å². The van der Waals surface area contributed by atoms with Crippen LogP contribution in [-0.2, 0) is 14.3 Å². The van der Waals surface area contributed by atoms with Gasteiger partial charge in [0.05, 0.1) is 6.42 Å². The molecule has 0 amide bonds. The summed E-state index contributed by atoms with van der Waals surface area (Å²) in [6.45, 7) is 4.37. The lowest BCUT2D eigenvalue weighted by atomic mass is 10.0. The highest BCUT2D eigenvalue weighted by molar-refractivity contribution is 5.71. The highest BCUT2D eigenvalue weighted by Gasteiger charge is 2.17. The molecule has 0 bridgehead atoms. The van der Waals surface area contributed by atoms with Crippen LogP contribution in [0.5, 0.6) is 0 Å². The summed E-state index contributed by atoms with van der Waals surface area (Å²) in [7, 11) is 0. The van der Waals surface area contributed by atoms with E-state index in [-0.39, 0.29) is 12.4 Å². The monoisotopic (exact) mass is 412 g/mol. The van der Waals surface area contributed by atoms with Gasteiger partial charge in [-0.1, -0.05) is 110 Å². The summed E-state index contributed by atoms with van der Waals surface area (Å²) in [5.74, 6) is -1.12. The van der Waals surface area contributed by atoms with Gasteiger partial charge in [-0.05, 0) is 19.3 Å². The average Bonchev–Trinajstić information content (AvgIpc) is 2.68. The zero-order chi connectivity index (χ0) is 21.6. The van der Waals surface area contributed by atoms with Crippen LogP contribution < -0.4 is 0 Å². The van der Waals surface area contributed by atoms with Gasteiger partial charge in [-0.2, -0.15) is 0 Å². The number of hydrogen-bond donors (Lipinski definition) is 1. The summed E-state index contributed by atoms with van der Waals surface area (Å²) in [5, 5.41) is 8.97. The second-order valence-corrected chi connectivity index (χ2v) is 8.55. The molecule has 1 N–H and O–H groups in total. The van der Waals surface area contributed by atoms with Gasteiger partial charge >= 0.3 is 11.9 Å². The largest absolute Gasteiger partial charge is 0.481 e. The molecule has 172 valence electrons. The van der Waals surface area contributed by atoms with Gasteiger partial charge in [0.25, 0.3) is 0 Å². The Balaban J connectivity index is 3.52. The SMILES string of the molecule is CCCCCCCCCCCCCCCCC(=O)OC(CCCCC)CC(=O)O. The third-order valence-electron chi connectivity index (χ3n) is 5.56. The van der Waals surface area contributed by atoms with Gasteiger partial charge in [0, 0.05) is 6.42 Å². The first-order valence-electron chi connectivity index (χ1n) is 12.5. The Labute approximate surface area is 180 Å². The number of carboxylic acids is 1. The summed E-state index contributed by atoms with van der Waals surface area (Å²) in [4.78, 5) is 22.9. The molecule has 4 nitrogen and oxygen atoms in total. The van der Waals surface area contributed by atoms with Gasteiger partial charge in [0.2, 0.25) is 0 Å². The topological polar surface area (TPSA) is 63.6 Å². The third-order valence-corrected chi connectivity index (χ3v) is 5.56. The molecule has 0 rings (SSSR count). The fourth-order valence-corrected chi connectivity index (χ4v) is 3.73. The summed E-state index contributed by atoms with van der Waals surface area (Å²) in [6, 6.07) is 0. The molecule has 0 saturated heterocycles. The van der Waals surface area contributed by atoms with E-state index in [1.165, 1.54) is 77.0 Å². The maximum Gasteiger partial charge on any atom is 0.307 e. The Kier molecular flexibility index (Phi) is 20.9. The van der Waals surface area contributed by atoms with E-state index in [0.29, 0.717) is 12.8 Å². The zero-order valence-electron chi connectivity index (χ0n) is 19.4. The number of hydrogen-bond acceptors (Lipinski definition) is 3. The van der Waals surface area contributed by atoms with Crippen molar-refractivity contribution < 1.29 is 19.4 Å². The van der Waals surface area contributed by atoms with Crippen molar-refractivity contribution in [3.8, 4) is 0 Å². The van der Waals surface area contributed by atoms with Crippen LogP contribution in [0.4, 0.5) is 0 Å². The summed E-state index contributed by atoms with van der Waals surface area (Å²) < 4.78 is 5.40. The highest BCUT2D eigenvalue weighted by atomic mass is 16.5. The number of carbonyl (C=O) groups excluding carboxylic acids is 1. The van der Waals surface area contributed by atoms with E-state index in [2.05, 4.69) is 13.8 Å². The van der Waals surface area contributed by atoms with Crippen molar-refractivity contribution in [1.29, 1.82) is 0 Å². The van der Waals surface area contributed by atoms with Crippen LogP contribution in [0, 0.1) is 0 Å². The average molecular weight is 413 g/mol. The van der Waals surface area contributed by atoms with E-state index in [0.717, 1.165) is 32.1 Å². The van der Waals surface area contributed by atoms with Crippen molar-refractivity contribution >= 4 is 11.9 Å². The first-order chi connectivity index (χ1) is 14.1. The molecule has 0 aromatic carbocycles. The molecule has 0 fully saturated rings. The summed E-state index contributed by atoms with van der Waals surface area (Å²) in [6.07, 6.45) is 21.6. The van der Waals surface area contributed by atoms with Crippen molar-refractivity contribution in [3.05, 3.63) is 0 Å². The van der Waals surface area contributed by atoms with Gasteiger partial charge in [0.15, 0.2) is 0 Å². The molecule has 0 aliphatic heterocycles. The van der Waals surface area contributed by atoms with E-state index in [9.17, 15) is 9.59 Å². The predicted octanol–water partition coefficient (Wildman–Crippen LogP) is 7.82. The van der Waals surface area contributed by atoms with Crippen LogP contribution in [0.25, 0.3) is 0 Å². The minimum atomic E-state index is -0.893. The van der Waals surface area contributed by atoms with Crippen molar-refractivity contribution in [3.63, 3.8) is 0 Å². The molecule has 0 heterocycles. The van der Waals surface area contributed by atoms with Crippen LogP contribution in [0.2, 0.25) is 0 Å². The summed E-state index contributed by atoms with van der Waals surface area (Å²) in [5.41, 5.74) is 0. The molecule has 0 spiro atoms.